The highest BCUT2D eigenvalue weighted by Crippen LogP contribution is 2.57. The van der Waals surface area contributed by atoms with Crippen LogP contribution in [-0.2, 0) is 5.41 Å². The zero-order valence-electron chi connectivity index (χ0n) is 40.7. The molecule has 1 heteroatoms. The molecule has 0 radical (unpaired) electrons. The summed E-state index contributed by atoms with van der Waals surface area (Å²) in [6.07, 6.45) is 0. The molecule has 1 aliphatic carbocycles. The summed E-state index contributed by atoms with van der Waals surface area (Å²) >= 11 is 0. The lowest BCUT2D eigenvalue weighted by atomic mass is 9.67. The molecule has 13 aromatic rings. The molecule has 0 saturated heterocycles. The highest BCUT2D eigenvalue weighted by molar-refractivity contribution is 6.24. The molecule has 1 nitrogen and oxygen atoms in total. The first-order valence-corrected chi connectivity index (χ1v) is 25.7. The molecule has 0 N–H and O–H groups in total. The Bertz CT molecular complexity index is 4160. The van der Waals surface area contributed by atoms with E-state index in [2.05, 4.69) is 302 Å². The first-order chi connectivity index (χ1) is 36.7. The standard InChI is InChI=1S/C73H49N/c1-3-20-52(21-4-1)59-26-9-10-27-60(59)54-40-38-50(39-41-54)51-42-46-57(47-43-51)74(72-68-34-14-12-30-63(68)62-29-11-13-33-67(62)71(72)66-35-19-23-53-22-7-8-28-61(53)66)58-48-44-56(45-49-58)73(55-24-5-2-6-25-55)69-36-17-15-31-64(69)65-32-16-18-37-70(65)73/h1-49H. The van der Waals surface area contributed by atoms with Crippen molar-refractivity contribution < 1.29 is 0 Å². The minimum Gasteiger partial charge on any atom is -0.309 e. The molecule has 0 aliphatic heterocycles. The average molecular weight is 940 g/mol. The fourth-order valence-electron chi connectivity index (χ4n) is 12.3. The molecule has 0 spiro atoms. The van der Waals surface area contributed by atoms with E-state index < -0.39 is 5.41 Å². The van der Waals surface area contributed by atoms with Crippen LogP contribution in [0, 0.1) is 0 Å². The largest absolute Gasteiger partial charge is 0.309 e. The topological polar surface area (TPSA) is 3.24 Å². The van der Waals surface area contributed by atoms with E-state index in [4.69, 9.17) is 0 Å². The van der Waals surface area contributed by atoms with Crippen LogP contribution in [0.4, 0.5) is 17.1 Å². The maximum atomic E-state index is 2.52. The van der Waals surface area contributed by atoms with Gasteiger partial charge in [-0.05, 0) is 124 Å². The van der Waals surface area contributed by atoms with Crippen LogP contribution in [0.5, 0.6) is 0 Å². The SMILES string of the molecule is c1ccc(-c2ccccc2-c2ccc(-c3ccc(N(c4ccc(C5(c6ccccc6)c6ccccc6-c6ccccc65)cc4)c4c(-c5cccc6ccccc56)c5ccccc5c5ccccc45)cc3)cc2)cc1. The molecule has 14 rings (SSSR count). The molecule has 1 aliphatic rings. The maximum Gasteiger partial charge on any atom is 0.0713 e. The fraction of sp³-hybridized carbons (Fsp3) is 0.0137. The van der Waals surface area contributed by atoms with E-state index in [-0.39, 0.29) is 0 Å². The first kappa shape index (κ1) is 43.2. The zero-order valence-corrected chi connectivity index (χ0v) is 40.7. The van der Waals surface area contributed by atoms with Gasteiger partial charge in [0.2, 0.25) is 0 Å². The fourth-order valence-corrected chi connectivity index (χ4v) is 12.3. The summed E-state index contributed by atoms with van der Waals surface area (Å²) in [5, 5.41) is 7.29. The summed E-state index contributed by atoms with van der Waals surface area (Å²) in [7, 11) is 0. The van der Waals surface area contributed by atoms with Crippen molar-refractivity contribution in [2.75, 3.05) is 4.90 Å². The summed E-state index contributed by atoms with van der Waals surface area (Å²) in [6, 6.07) is 110. The molecule has 0 saturated carbocycles. The number of hydrogen-bond acceptors (Lipinski definition) is 1. The summed E-state index contributed by atoms with van der Waals surface area (Å²) in [5.41, 5.74) is 20.1. The third kappa shape index (κ3) is 6.93. The lowest BCUT2D eigenvalue weighted by Crippen LogP contribution is -2.28. The van der Waals surface area contributed by atoms with Gasteiger partial charge < -0.3 is 4.90 Å². The Kier molecular flexibility index (Phi) is 10.5. The predicted octanol–water partition coefficient (Wildman–Crippen LogP) is 19.6. The van der Waals surface area contributed by atoms with E-state index in [0.29, 0.717) is 0 Å². The van der Waals surface area contributed by atoms with Crippen LogP contribution in [0.15, 0.2) is 297 Å². The molecule has 0 bridgehead atoms. The van der Waals surface area contributed by atoms with Crippen LogP contribution in [0.2, 0.25) is 0 Å². The molecule has 0 aromatic heterocycles. The second kappa shape index (κ2) is 17.9. The first-order valence-electron chi connectivity index (χ1n) is 25.7. The minimum atomic E-state index is -0.512. The van der Waals surface area contributed by atoms with E-state index in [1.165, 1.54) is 105 Å². The van der Waals surface area contributed by atoms with Gasteiger partial charge in [-0.25, -0.2) is 0 Å². The minimum absolute atomic E-state index is 0.512. The Morgan fingerprint density at radius 3 is 1.24 bits per heavy atom. The van der Waals surface area contributed by atoms with Gasteiger partial charge in [0.15, 0.2) is 0 Å². The lowest BCUT2D eigenvalue weighted by molar-refractivity contribution is 0.768. The monoisotopic (exact) mass is 939 g/mol. The van der Waals surface area contributed by atoms with Crippen molar-refractivity contribution in [2.45, 2.75) is 5.41 Å². The Labute approximate surface area is 432 Å². The van der Waals surface area contributed by atoms with Gasteiger partial charge in [0.05, 0.1) is 11.1 Å². The Morgan fingerprint density at radius 1 is 0.230 bits per heavy atom. The van der Waals surface area contributed by atoms with Crippen LogP contribution in [-0.4, -0.2) is 0 Å². The predicted molar refractivity (Wildman–Crippen MR) is 313 cm³/mol. The van der Waals surface area contributed by atoms with E-state index >= 15 is 0 Å². The van der Waals surface area contributed by atoms with Crippen LogP contribution in [0.3, 0.4) is 0 Å². The van der Waals surface area contributed by atoms with Crippen molar-refractivity contribution in [3.05, 3.63) is 320 Å². The molecule has 0 amide bonds. The van der Waals surface area contributed by atoms with Crippen molar-refractivity contribution in [2.24, 2.45) is 0 Å². The summed E-state index contributed by atoms with van der Waals surface area (Å²) in [5.74, 6) is 0. The number of anilines is 3. The van der Waals surface area contributed by atoms with Crippen LogP contribution in [0.1, 0.15) is 22.3 Å². The van der Waals surface area contributed by atoms with Crippen LogP contribution < -0.4 is 4.90 Å². The van der Waals surface area contributed by atoms with Gasteiger partial charge in [0, 0.05) is 22.3 Å². The second-order valence-corrected chi connectivity index (χ2v) is 19.5. The Morgan fingerprint density at radius 2 is 0.622 bits per heavy atom. The highest BCUT2D eigenvalue weighted by Gasteiger charge is 2.46. The number of benzene rings is 13. The van der Waals surface area contributed by atoms with E-state index in [1.807, 2.05) is 0 Å². The van der Waals surface area contributed by atoms with E-state index in [9.17, 15) is 0 Å². The average Bonchev–Trinajstić information content (AvgIpc) is 3.79. The number of hydrogen-bond donors (Lipinski definition) is 0. The third-order valence-electron chi connectivity index (χ3n) is 15.6. The molecule has 74 heavy (non-hydrogen) atoms. The molecule has 0 heterocycles. The smallest absolute Gasteiger partial charge is 0.0713 e. The van der Waals surface area contributed by atoms with E-state index in [1.54, 1.807) is 0 Å². The molecule has 0 fully saturated rings. The summed E-state index contributed by atoms with van der Waals surface area (Å²) in [6.45, 7) is 0. The van der Waals surface area contributed by atoms with Gasteiger partial charge in [0.25, 0.3) is 0 Å². The maximum absolute atomic E-state index is 2.52. The van der Waals surface area contributed by atoms with Gasteiger partial charge in [-0.1, -0.05) is 273 Å². The molecule has 0 atom stereocenters. The van der Waals surface area contributed by atoms with Crippen molar-refractivity contribution in [3.63, 3.8) is 0 Å². The van der Waals surface area contributed by atoms with Gasteiger partial charge in [-0.3, -0.25) is 0 Å². The number of rotatable bonds is 9. The normalized spacial score (nSPS) is 12.4. The van der Waals surface area contributed by atoms with Crippen molar-refractivity contribution >= 4 is 49.4 Å². The third-order valence-corrected chi connectivity index (χ3v) is 15.6. The highest BCUT2D eigenvalue weighted by atomic mass is 15.1. The lowest BCUT2D eigenvalue weighted by Gasteiger charge is -2.35. The number of fused-ring (bicyclic) bond motifs is 7. The molecule has 346 valence electrons. The molecule has 13 aromatic carbocycles. The van der Waals surface area contributed by atoms with Gasteiger partial charge >= 0.3 is 0 Å². The number of nitrogens with zero attached hydrogens (tertiary/aromatic N) is 1. The van der Waals surface area contributed by atoms with Crippen LogP contribution >= 0.6 is 0 Å². The Balaban J connectivity index is 0.975. The molecule has 0 unspecified atom stereocenters. The quantitative estimate of drug-likeness (QED) is 0.130. The van der Waals surface area contributed by atoms with Gasteiger partial charge in [-0.15, -0.1) is 0 Å². The van der Waals surface area contributed by atoms with Gasteiger partial charge in [0.1, 0.15) is 0 Å². The zero-order chi connectivity index (χ0) is 49.0. The van der Waals surface area contributed by atoms with Crippen molar-refractivity contribution in [3.8, 4) is 55.6 Å². The molecular weight excluding hydrogens is 891 g/mol. The van der Waals surface area contributed by atoms with Gasteiger partial charge in [-0.2, -0.15) is 0 Å². The summed E-state index contributed by atoms with van der Waals surface area (Å²) < 4.78 is 0. The summed E-state index contributed by atoms with van der Waals surface area (Å²) in [4.78, 5) is 2.52. The van der Waals surface area contributed by atoms with E-state index in [0.717, 1.165) is 22.6 Å². The van der Waals surface area contributed by atoms with Crippen molar-refractivity contribution in [1.29, 1.82) is 0 Å². The van der Waals surface area contributed by atoms with Crippen molar-refractivity contribution in [1.82, 2.24) is 0 Å². The second-order valence-electron chi connectivity index (χ2n) is 19.5. The van der Waals surface area contributed by atoms with Crippen LogP contribution in [0.25, 0.3) is 88.0 Å². The molecular formula is C73H49N. The Hall–Kier alpha value is -9.56.